The van der Waals surface area contributed by atoms with Crippen molar-refractivity contribution in [2.45, 2.75) is 19.4 Å². The molecule has 0 fully saturated rings. The zero-order valence-electron chi connectivity index (χ0n) is 13.5. The monoisotopic (exact) mass is 324 g/mol. The summed E-state index contributed by atoms with van der Waals surface area (Å²) in [5.74, 6) is 1.32. The van der Waals surface area contributed by atoms with Gasteiger partial charge >= 0.3 is 0 Å². The lowest BCUT2D eigenvalue weighted by Crippen LogP contribution is -2.19. The number of carbonyl (C=O) groups is 1. The topological polar surface area (TPSA) is 56.4 Å². The second kappa shape index (κ2) is 7.55. The molecule has 0 saturated carbocycles. The lowest BCUT2D eigenvalue weighted by Gasteiger charge is -2.17. The van der Waals surface area contributed by atoms with E-state index < -0.39 is 0 Å². The summed E-state index contributed by atoms with van der Waals surface area (Å²) < 4.78 is 13.0. The van der Waals surface area contributed by atoms with Crippen molar-refractivity contribution in [3.8, 4) is 5.75 Å². The Hall–Kier alpha value is -2.95. The SMILES string of the molecule is CCOc1ccccc1NC(=O)C[C@@H](c1ccco1)n1cccc1. The van der Waals surface area contributed by atoms with E-state index in [0.717, 1.165) is 5.76 Å². The molecule has 1 aromatic carbocycles. The third-order valence-electron chi connectivity index (χ3n) is 3.70. The molecule has 0 saturated heterocycles. The van der Waals surface area contributed by atoms with Crippen molar-refractivity contribution >= 4 is 11.6 Å². The zero-order chi connectivity index (χ0) is 16.8. The quantitative estimate of drug-likeness (QED) is 0.712. The number of nitrogens with zero attached hydrogens (tertiary/aromatic N) is 1. The predicted molar refractivity (Wildman–Crippen MR) is 92.1 cm³/mol. The number of amides is 1. The number of anilines is 1. The number of carbonyl (C=O) groups excluding carboxylic acids is 1. The van der Waals surface area contributed by atoms with Gasteiger partial charge in [0.1, 0.15) is 11.5 Å². The van der Waals surface area contributed by atoms with E-state index >= 15 is 0 Å². The molecule has 0 bridgehead atoms. The Kier molecular flexibility index (Phi) is 5.01. The Morgan fingerprint density at radius 3 is 2.67 bits per heavy atom. The first-order valence-electron chi connectivity index (χ1n) is 7.95. The summed E-state index contributed by atoms with van der Waals surface area (Å²) in [6, 6.07) is 14.8. The average Bonchev–Trinajstić information content (AvgIpc) is 3.29. The third-order valence-corrected chi connectivity index (χ3v) is 3.70. The molecule has 3 rings (SSSR count). The predicted octanol–water partition coefficient (Wildman–Crippen LogP) is 4.10. The number of aromatic nitrogens is 1. The van der Waals surface area contributed by atoms with E-state index in [4.69, 9.17) is 9.15 Å². The standard InChI is InChI=1S/C19H20N2O3/c1-2-23-17-9-4-3-8-15(17)20-19(22)14-16(18-10-7-13-24-18)21-11-5-6-12-21/h3-13,16H,2,14H2,1H3,(H,20,22)/t16-/m0/s1. The molecule has 0 aliphatic rings. The lowest BCUT2D eigenvalue weighted by atomic mass is 10.1. The molecule has 5 nitrogen and oxygen atoms in total. The molecule has 2 aromatic heterocycles. The van der Waals surface area contributed by atoms with E-state index in [1.807, 2.05) is 72.4 Å². The van der Waals surface area contributed by atoms with Crippen molar-refractivity contribution in [3.05, 3.63) is 72.9 Å². The van der Waals surface area contributed by atoms with Crippen LogP contribution in [0.1, 0.15) is 25.1 Å². The highest BCUT2D eigenvalue weighted by Gasteiger charge is 2.20. The summed E-state index contributed by atoms with van der Waals surface area (Å²) in [6.45, 7) is 2.46. The van der Waals surface area contributed by atoms with Crippen molar-refractivity contribution in [1.82, 2.24) is 4.57 Å². The van der Waals surface area contributed by atoms with Gasteiger partial charge in [-0.15, -0.1) is 0 Å². The summed E-state index contributed by atoms with van der Waals surface area (Å²) in [7, 11) is 0. The van der Waals surface area contributed by atoms with Gasteiger partial charge in [-0.2, -0.15) is 0 Å². The van der Waals surface area contributed by atoms with Crippen LogP contribution < -0.4 is 10.1 Å². The fourth-order valence-corrected chi connectivity index (χ4v) is 2.62. The highest BCUT2D eigenvalue weighted by atomic mass is 16.5. The summed E-state index contributed by atoms with van der Waals surface area (Å²) in [6.07, 6.45) is 5.74. The van der Waals surface area contributed by atoms with Crippen LogP contribution in [0.15, 0.2) is 71.6 Å². The van der Waals surface area contributed by atoms with Gasteiger partial charge in [0.2, 0.25) is 5.91 Å². The summed E-state index contributed by atoms with van der Waals surface area (Å²) >= 11 is 0. The second-order valence-electron chi connectivity index (χ2n) is 5.34. The fourth-order valence-electron chi connectivity index (χ4n) is 2.62. The molecule has 0 aliphatic carbocycles. The minimum Gasteiger partial charge on any atom is -0.492 e. The molecule has 0 aliphatic heterocycles. The molecule has 5 heteroatoms. The van der Waals surface area contributed by atoms with Gasteiger partial charge in [-0.25, -0.2) is 0 Å². The number of nitrogens with one attached hydrogen (secondary N) is 1. The number of benzene rings is 1. The van der Waals surface area contributed by atoms with Crippen LogP contribution in [0.3, 0.4) is 0 Å². The van der Waals surface area contributed by atoms with Crippen molar-refractivity contribution in [1.29, 1.82) is 0 Å². The van der Waals surface area contributed by atoms with Gasteiger partial charge in [0, 0.05) is 12.4 Å². The molecule has 1 atom stereocenters. The van der Waals surface area contributed by atoms with E-state index in [2.05, 4.69) is 5.32 Å². The molecule has 124 valence electrons. The lowest BCUT2D eigenvalue weighted by molar-refractivity contribution is -0.116. The van der Waals surface area contributed by atoms with Crippen molar-refractivity contribution < 1.29 is 13.9 Å². The smallest absolute Gasteiger partial charge is 0.227 e. The molecular weight excluding hydrogens is 304 g/mol. The minimum atomic E-state index is -0.186. The zero-order valence-corrected chi connectivity index (χ0v) is 13.5. The van der Waals surface area contributed by atoms with Crippen LogP contribution in [0.4, 0.5) is 5.69 Å². The van der Waals surface area contributed by atoms with E-state index in [1.54, 1.807) is 6.26 Å². The fraction of sp³-hybridized carbons (Fsp3) is 0.211. The van der Waals surface area contributed by atoms with Gasteiger partial charge in [-0.3, -0.25) is 4.79 Å². The van der Waals surface area contributed by atoms with Gasteiger partial charge in [0.05, 0.1) is 31.0 Å². The Bertz CT molecular complexity index is 730. The van der Waals surface area contributed by atoms with Gasteiger partial charge in [-0.1, -0.05) is 12.1 Å². The van der Waals surface area contributed by atoms with E-state index in [-0.39, 0.29) is 18.4 Å². The van der Waals surface area contributed by atoms with Crippen molar-refractivity contribution in [2.24, 2.45) is 0 Å². The Labute approximate surface area is 140 Å². The molecule has 0 unspecified atom stereocenters. The van der Waals surface area contributed by atoms with Crippen LogP contribution in [0.5, 0.6) is 5.75 Å². The van der Waals surface area contributed by atoms with Gasteiger partial charge in [0.15, 0.2) is 0 Å². The molecule has 3 aromatic rings. The van der Waals surface area contributed by atoms with Gasteiger partial charge in [-0.05, 0) is 43.3 Å². The molecule has 0 radical (unpaired) electrons. The van der Waals surface area contributed by atoms with Gasteiger partial charge in [0.25, 0.3) is 0 Å². The number of rotatable bonds is 7. The first-order valence-corrected chi connectivity index (χ1v) is 7.95. The average molecular weight is 324 g/mol. The van der Waals surface area contributed by atoms with Crippen LogP contribution >= 0.6 is 0 Å². The maximum absolute atomic E-state index is 12.5. The first kappa shape index (κ1) is 15.9. The highest BCUT2D eigenvalue weighted by molar-refractivity contribution is 5.92. The molecule has 1 N–H and O–H groups in total. The molecule has 1 amide bonds. The van der Waals surface area contributed by atoms with Crippen LogP contribution in [0.2, 0.25) is 0 Å². The highest BCUT2D eigenvalue weighted by Crippen LogP contribution is 2.26. The summed E-state index contributed by atoms with van der Waals surface area (Å²) in [4.78, 5) is 12.5. The van der Waals surface area contributed by atoms with E-state index in [1.165, 1.54) is 0 Å². The van der Waals surface area contributed by atoms with Crippen LogP contribution in [-0.4, -0.2) is 17.1 Å². The largest absolute Gasteiger partial charge is 0.492 e. The number of para-hydroxylation sites is 2. The van der Waals surface area contributed by atoms with Crippen molar-refractivity contribution in [2.75, 3.05) is 11.9 Å². The second-order valence-corrected chi connectivity index (χ2v) is 5.34. The molecular formula is C19H20N2O3. The van der Waals surface area contributed by atoms with Gasteiger partial charge < -0.3 is 19.0 Å². The van der Waals surface area contributed by atoms with Crippen molar-refractivity contribution in [3.63, 3.8) is 0 Å². The number of hydrogen-bond acceptors (Lipinski definition) is 3. The maximum Gasteiger partial charge on any atom is 0.227 e. The maximum atomic E-state index is 12.5. The molecule has 0 spiro atoms. The minimum absolute atomic E-state index is 0.0998. The Morgan fingerprint density at radius 2 is 1.96 bits per heavy atom. The Balaban J connectivity index is 1.75. The molecule has 24 heavy (non-hydrogen) atoms. The van der Waals surface area contributed by atoms with Crippen LogP contribution in [0, 0.1) is 0 Å². The van der Waals surface area contributed by atoms with E-state index in [0.29, 0.717) is 18.0 Å². The molecule has 2 heterocycles. The third kappa shape index (κ3) is 3.68. The van der Waals surface area contributed by atoms with Crippen LogP contribution in [0.25, 0.3) is 0 Å². The first-order chi connectivity index (χ1) is 11.8. The number of furan rings is 1. The van der Waals surface area contributed by atoms with E-state index in [9.17, 15) is 4.79 Å². The number of hydrogen-bond donors (Lipinski definition) is 1. The summed E-state index contributed by atoms with van der Waals surface area (Å²) in [5.41, 5.74) is 0.676. The summed E-state index contributed by atoms with van der Waals surface area (Å²) in [5, 5.41) is 2.93. The Morgan fingerprint density at radius 1 is 1.17 bits per heavy atom. The number of ether oxygens (including phenoxy) is 1. The van der Waals surface area contributed by atoms with Crippen LogP contribution in [-0.2, 0) is 4.79 Å². The normalized spacial score (nSPS) is 11.9.